The molecule has 8 nitrogen and oxygen atoms in total. The first kappa shape index (κ1) is 18.3. The van der Waals surface area contributed by atoms with Crippen molar-refractivity contribution in [3.63, 3.8) is 0 Å². The lowest BCUT2D eigenvalue weighted by Crippen LogP contribution is -2.47. The van der Waals surface area contributed by atoms with Crippen LogP contribution in [0.3, 0.4) is 0 Å². The molecule has 0 spiro atoms. The number of aryl methyl sites for hydroxylation is 1. The van der Waals surface area contributed by atoms with E-state index in [4.69, 9.17) is 4.52 Å². The van der Waals surface area contributed by atoms with Gasteiger partial charge in [-0.3, -0.25) is 4.90 Å². The standard InChI is InChI=1S/C14H27N5O3S/c1-12(14-15-13(2)16-22-14)19-9-7-18(8-10-19)6-5-11-23(20,21)17(3)4/h12H,5-11H2,1-4H3/t12-/m1/s1. The minimum absolute atomic E-state index is 0.118. The summed E-state index contributed by atoms with van der Waals surface area (Å²) < 4.78 is 30.0. The van der Waals surface area contributed by atoms with Gasteiger partial charge in [-0.2, -0.15) is 4.98 Å². The lowest BCUT2D eigenvalue weighted by Gasteiger charge is -2.36. The number of nitrogens with zero attached hydrogens (tertiary/aromatic N) is 5. The van der Waals surface area contributed by atoms with Gasteiger partial charge in [-0.05, 0) is 26.8 Å². The minimum Gasteiger partial charge on any atom is -0.338 e. The molecule has 1 aromatic rings. The molecule has 2 heterocycles. The smallest absolute Gasteiger partial charge is 0.243 e. The molecule has 0 unspecified atom stereocenters. The summed E-state index contributed by atoms with van der Waals surface area (Å²) in [5, 5.41) is 3.84. The zero-order valence-corrected chi connectivity index (χ0v) is 15.2. The second kappa shape index (κ2) is 7.69. The summed E-state index contributed by atoms with van der Waals surface area (Å²) in [4.78, 5) is 8.93. The first-order valence-electron chi connectivity index (χ1n) is 7.96. The van der Waals surface area contributed by atoms with Crippen molar-refractivity contribution in [3.05, 3.63) is 11.7 Å². The molecular weight excluding hydrogens is 318 g/mol. The molecule has 0 saturated carbocycles. The van der Waals surface area contributed by atoms with E-state index in [2.05, 4.69) is 26.9 Å². The van der Waals surface area contributed by atoms with Crippen LogP contribution in [0.15, 0.2) is 4.52 Å². The Morgan fingerprint density at radius 3 is 2.43 bits per heavy atom. The summed E-state index contributed by atoms with van der Waals surface area (Å²) in [5.41, 5.74) is 0. The molecule has 0 aromatic carbocycles. The summed E-state index contributed by atoms with van der Waals surface area (Å²) in [6, 6.07) is 0.118. The van der Waals surface area contributed by atoms with E-state index >= 15 is 0 Å². The zero-order valence-electron chi connectivity index (χ0n) is 14.4. The number of piperazine rings is 1. The highest BCUT2D eigenvalue weighted by atomic mass is 32.2. The fourth-order valence-corrected chi connectivity index (χ4v) is 3.53. The van der Waals surface area contributed by atoms with Crippen molar-refractivity contribution in [3.8, 4) is 0 Å². The van der Waals surface area contributed by atoms with Crippen molar-refractivity contribution in [2.45, 2.75) is 26.3 Å². The molecule has 1 aliphatic heterocycles. The molecule has 0 bridgehead atoms. The van der Waals surface area contributed by atoms with Gasteiger partial charge in [0.05, 0.1) is 11.8 Å². The third-order valence-electron chi connectivity index (χ3n) is 4.29. The van der Waals surface area contributed by atoms with Crippen LogP contribution < -0.4 is 0 Å². The Balaban J connectivity index is 1.74. The lowest BCUT2D eigenvalue weighted by molar-refractivity contribution is 0.0885. The van der Waals surface area contributed by atoms with Crippen molar-refractivity contribution in [2.24, 2.45) is 0 Å². The Hall–Kier alpha value is -1.03. The fourth-order valence-electron chi connectivity index (χ4n) is 2.67. The van der Waals surface area contributed by atoms with Gasteiger partial charge < -0.3 is 9.42 Å². The van der Waals surface area contributed by atoms with E-state index in [1.165, 1.54) is 4.31 Å². The van der Waals surface area contributed by atoms with Gasteiger partial charge >= 0.3 is 0 Å². The summed E-state index contributed by atoms with van der Waals surface area (Å²) in [5.74, 6) is 1.53. The highest BCUT2D eigenvalue weighted by Crippen LogP contribution is 2.20. The van der Waals surface area contributed by atoms with E-state index in [-0.39, 0.29) is 11.8 Å². The predicted molar refractivity (Wildman–Crippen MR) is 87.6 cm³/mol. The highest BCUT2D eigenvalue weighted by Gasteiger charge is 2.25. The lowest BCUT2D eigenvalue weighted by atomic mass is 10.2. The monoisotopic (exact) mass is 345 g/mol. The van der Waals surface area contributed by atoms with Crippen LogP contribution in [0.1, 0.15) is 31.1 Å². The number of sulfonamides is 1. The number of hydrogen-bond donors (Lipinski definition) is 0. The van der Waals surface area contributed by atoms with E-state index in [1.54, 1.807) is 14.1 Å². The zero-order chi connectivity index (χ0) is 17.0. The Morgan fingerprint density at radius 1 is 1.26 bits per heavy atom. The maximum atomic E-state index is 11.7. The molecule has 0 amide bonds. The van der Waals surface area contributed by atoms with Gasteiger partial charge in [-0.25, -0.2) is 12.7 Å². The summed E-state index contributed by atoms with van der Waals surface area (Å²) in [7, 11) is 0.0679. The van der Waals surface area contributed by atoms with E-state index in [0.29, 0.717) is 18.1 Å². The van der Waals surface area contributed by atoms with Crippen LogP contribution in [0.25, 0.3) is 0 Å². The van der Waals surface area contributed by atoms with Crippen LogP contribution in [0.2, 0.25) is 0 Å². The molecule has 23 heavy (non-hydrogen) atoms. The second-order valence-corrected chi connectivity index (χ2v) is 8.49. The largest absolute Gasteiger partial charge is 0.338 e. The van der Waals surface area contributed by atoms with Crippen molar-refractivity contribution in [1.29, 1.82) is 0 Å². The SMILES string of the molecule is Cc1noc([C@@H](C)N2CCN(CCCS(=O)(=O)N(C)C)CC2)n1. The first-order valence-corrected chi connectivity index (χ1v) is 9.57. The van der Waals surface area contributed by atoms with Crippen LogP contribution >= 0.6 is 0 Å². The normalized spacial score (nSPS) is 19.3. The first-order chi connectivity index (χ1) is 10.8. The Bertz CT molecular complexity index is 593. The predicted octanol–water partition coefficient (Wildman–Crippen LogP) is 0.338. The molecule has 0 N–H and O–H groups in total. The van der Waals surface area contributed by atoms with Gasteiger partial charge in [0.2, 0.25) is 15.9 Å². The minimum atomic E-state index is -3.09. The summed E-state index contributed by atoms with van der Waals surface area (Å²) in [6.07, 6.45) is 0.666. The van der Waals surface area contributed by atoms with Gasteiger partial charge in [0.25, 0.3) is 0 Å². The molecule has 0 aliphatic carbocycles. The van der Waals surface area contributed by atoms with Gasteiger partial charge in [-0.1, -0.05) is 5.16 Å². The molecule has 132 valence electrons. The summed E-state index contributed by atoms with van der Waals surface area (Å²) >= 11 is 0. The molecule has 0 radical (unpaired) electrons. The topological polar surface area (TPSA) is 82.8 Å². The average molecular weight is 345 g/mol. The maximum Gasteiger partial charge on any atom is 0.243 e. The highest BCUT2D eigenvalue weighted by molar-refractivity contribution is 7.89. The molecule has 1 saturated heterocycles. The molecule has 1 atom stereocenters. The number of rotatable bonds is 7. The van der Waals surface area contributed by atoms with Crippen molar-refractivity contribution in [2.75, 3.05) is 52.6 Å². The van der Waals surface area contributed by atoms with Crippen molar-refractivity contribution < 1.29 is 12.9 Å². The van der Waals surface area contributed by atoms with Gasteiger partial charge in [0.1, 0.15) is 0 Å². The number of hydrogen-bond acceptors (Lipinski definition) is 7. The summed E-state index contributed by atoms with van der Waals surface area (Å²) in [6.45, 7) is 8.41. The van der Waals surface area contributed by atoms with E-state index in [0.717, 1.165) is 32.7 Å². The average Bonchev–Trinajstić information content (AvgIpc) is 2.93. The Morgan fingerprint density at radius 2 is 1.91 bits per heavy atom. The van der Waals surface area contributed by atoms with E-state index < -0.39 is 10.0 Å². The van der Waals surface area contributed by atoms with Crippen LogP contribution in [-0.2, 0) is 10.0 Å². The maximum absolute atomic E-state index is 11.7. The quantitative estimate of drug-likeness (QED) is 0.704. The molecule has 1 aromatic heterocycles. The van der Waals surface area contributed by atoms with Gasteiger partial charge in [-0.15, -0.1) is 0 Å². The molecule has 1 fully saturated rings. The van der Waals surface area contributed by atoms with Gasteiger partial charge in [0.15, 0.2) is 5.82 Å². The van der Waals surface area contributed by atoms with Gasteiger partial charge in [0, 0.05) is 40.3 Å². The molecule has 9 heteroatoms. The molecular formula is C14H27N5O3S. The van der Waals surface area contributed by atoms with Crippen LogP contribution in [0.4, 0.5) is 0 Å². The van der Waals surface area contributed by atoms with Crippen LogP contribution in [-0.4, -0.2) is 85.2 Å². The fraction of sp³-hybridized carbons (Fsp3) is 0.857. The second-order valence-electron chi connectivity index (χ2n) is 6.19. The third-order valence-corrected chi connectivity index (χ3v) is 6.21. The van der Waals surface area contributed by atoms with Crippen molar-refractivity contribution >= 4 is 10.0 Å². The Kier molecular flexibility index (Phi) is 6.12. The van der Waals surface area contributed by atoms with E-state index in [1.807, 2.05) is 6.92 Å². The number of aromatic nitrogens is 2. The van der Waals surface area contributed by atoms with Crippen molar-refractivity contribution in [1.82, 2.24) is 24.2 Å². The molecule has 1 aliphatic rings. The third kappa shape index (κ3) is 4.97. The van der Waals surface area contributed by atoms with Crippen LogP contribution in [0, 0.1) is 6.92 Å². The van der Waals surface area contributed by atoms with E-state index in [9.17, 15) is 8.42 Å². The molecule has 2 rings (SSSR count). The van der Waals surface area contributed by atoms with Crippen LogP contribution in [0.5, 0.6) is 0 Å². The Labute approximate surface area is 138 Å².